The van der Waals surface area contributed by atoms with Gasteiger partial charge in [-0.25, -0.2) is 5.10 Å². The summed E-state index contributed by atoms with van der Waals surface area (Å²) in [6.45, 7) is 2.28. The average Bonchev–Trinajstić information content (AvgIpc) is 3.31. The molecule has 3 aromatic rings. The van der Waals surface area contributed by atoms with Gasteiger partial charge in [-0.15, -0.1) is 0 Å². The van der Waals surface area contributed by atoms with Crippen LogP contribution >= 0.6 is 0 Å². The fraction of sp³-hybridized carbons (Fsp3) is 0.385. The van der Waals surface area contributed by atoms with Crippen LogP contribution in [-0.2, 0) is 9.59 Å². The second-order valence-electron chi connectivity index (χ2n) is 9.26. The molecule has 5 rings (SSSR count). The van der Waals surface area contributed by atoms with Crippen molar-refractivity contribution in [3.8, 4) is 5.75 Å². The number of piperazine rings is 1. The Balaban J connectivity index is 1.46. The maximum atomic E-state index is 13.6. The lowest BCUT2D eigenvalue weighted by molar-refractivity contribution is -0.140. The second kappa shape index (κ2) is 8.59. The minimum absolute atomic E-state index is 0.0121. The van der Waals surface area contributed by atoms with E-state index in [-0.39, 0.29) is 23.9 Å². The molecule has 1 aliphatic carbocycles. The maximum Gasteiger partial charge on any atom is 0.272 e. The molecule has 1 saturated carbocycles. The molecule has 8 heteroatoms. The van der Waals surface area contributed by atoms with Crippen molar-refractivity contribution in [1.82, 2.24) is 15.1 Å². The van der Waals surface area contributed by atoms with Crippen LogP contribution in [0.1, 0.15) is 44.2 Å². The first-order valence-electron chi connectivity index (χ1n) is 11.7. The highest BCUT2D eigenvalue weighted by atomic mass is 16.5. The van der Waals surface area contributed by atoms with Gasteiger partial charge in [-0.1, -0.05) is 31.0 Å². The molecule has 1 N–H and O–H groups in total. The van der Waals surface area contributed by atoms with Crippen molar-refractivity contribution < 1.29 is 14.3 Å². The Morgan fingerprint density at radius 2 is 1.74 bits per heavy atom. The summed E-state index contributed by atoms with van der Waals surface area (Å²) in [7, 11) is 1.62. The molecule has 2 fully saturated rings. The van der Waals surface area contributed by atoms with Crippen molar-refractivity contribution in [1.29, 1.82) is 0 Å². The van der Waals surface area contributed by atoms with Crippen LogP contribution in [0.5, 0.6) is 5.75 Å². The Morgan fingerprint density at radius 1 is 1.06 bits per heavy atom. The van der Waals surface area contributed by atoms with Gasteiger partial charge in [0.25, 0.3) is 5.56 Å². The molecule has 2 aliphatic rings. The van der Waals surface area contributed by atoms with Crippen molar-refractivity contribution in [2.75, 3.05) is 25.1 Å². The van der Waals surface area contributed by atoms with E-state index >= 15 is 0 Å². The van der Waals surface area contributed by atoms with Crippen LogP contribution in [0.15, 0.2) is 53.3 Å². The van der Waals surface area contributed by atoms with Crippen molar-refractivity contribution in [2.45, 2.75) is 44.1 Å². The predicted molar refractivity (Wildman–Crippen MR) is 129 cm³/mol. The Bertz CT molecular complexity index is 1290. The van der Waals surface area contributed by atoms with Crippen molar-refractivity contribution in [3.63, 3.8) is 0 Å². The highest BCUT2D eigenvalue weighted by molar-refractivity contribution is 6.01. The van der Waals surface area contributed by atoms with E-state index in [9.17, 15) is 14.4 Å². The molecule has 1 unspecified atom stereocenters. The number of benzene rings is 2. The van der Waals surface area contributed by atoms with Crippen LogP contribution in [-0.4, -0.2) is 52.6 Å². The largest absolute Gasteiger partial charge is 0.497 e. The molecule has 2 amide bonds. The number of ether oxygens (including phenoxy) is 1. The minimum Gasteiger partial charge on any atom is -0.497 e. The number of aromatic nitrogens is 2. The Morgan fingerprint density at radius 3 is 2.41 bits per heavy atom. The van der Waals surface area contributed by atoms with Gasteiger partial charge in [-0.2, -0.15) is 5.10 Å². The number of hydrogen-bond donors (Lipinski definition) is 1. The molecule has 1 aromatic heterocycles. The normalized spacial score (nSPS) is 18.5. The van der Waals surface area contributed by atoms with Gasteiger partial charge in [0, 0.05) is 17.6 Å². The molecule has 2 aromatic carbocycles. The topological polar surface area (TPSA) is 95.6 Å². The van der Waals surface area contributed by atoms with Crippen molar-refractivity contribution in [3.05, 3.63) is 64.6 Å². The smallest absolute Gasteiger partial charge is 0.272 e. The fourth-order valence-corrected chi connectivity index (χ4v) is 5.56. The molecule has 8 nitrogen and oxygen atoms in total. The van der Waals surface area contributed by atoms with E-state index in [2.05, 4.69) is 10.2 Å². The van der Waals surface area contributed by atoms with E-state index < -0.39 is 11.5 Å². The number of amides is 2. The SMILES string of the molecule is COc1ccc(N2C(=O)CN(C(=O)C(C)c3n[nH]c(=O)c4ccccc34)CC23CCCC3)cc1. The van der Waals surface area contributed by atoms with E-state index in [4.69, 9.17) is 4.74 Å². The summed E-state index contributed by atoms with van der Waals surface area (Å²) in [6, 6.07) is 14.7. The summed E-state index contributed by atoms with van der Waals surface area (Å²) in [5, 5.41) is 7.89. The number of aromatic amines is 1. The van der Waals surface area contributed by atoms with Gasteiger partial charge in [0.15, 0.2) is 0 Å². The minimum atomic E-state index is -0.597. The molecule has 2 heterocycles. The first kappa shape index (κ1) is 22.1. The first-order valence-corrected chi connectivity index (χ1v) is 11.7. The number of fused-ring (bicyclic) bond motifs is 1. The number of nitrogens with one attached hydrogen (secondary N) is 1. The maximum absolute atomic E-state index is 13.6. The van der Waals surface area contributed by atoms with Gasteiger partial charge >= 0.3 is 0 Å². The van der Waals surface area contributed by atoms with E-state index in [1.807, 2.05) is 41.3 Å². The molecular weight excluding hydrogens is 432 g/mol. The van der Waals surface area contributed by atoms with E-state index in [1.54, 1.807) is 31.1 Å². The zero-order chi connectivity index (χ0) is 23.9. The zero-order valence-corrected chi connectivity index (χ0v) is 19.4. The van der Waals surface area contributed by atoms with Gasteiger partial charge in [0.2, 0.25) is 11.8 Å². The van der Waals surface area contributed by atoms with E-state index in [1.165, 1.54) is 0 Å². The third-order valence-electron chi connectivity index (χ3n) is 7.22. The molecular formula is C26H28N4O4. The number of H-pyrrole nitrogens is 1. The molecule has 34 heavy (non-hydrogen) atoms. The lowest BCUT2D eigenvalue weighted by atomic mass is 9.89. The summed E-state index contributed by atoms with van der Waals surface area (Å²) in [5.41, 5.74) is 0.652. The highest BCUT2D eigenvalue weighted by Gasteiger charge is 2.49. The van der Waals surface area contributed by atoms with Gasteiger partial charge in [0.05, 0.1) is 29.6 Å². The third-order valence-corrected chi connectivity index (χ3v) is 7.22. The number of anilines is 1. The number of methoxy groups -OCH3 is 1. The summed E-state index contributed by atoms with van der Waals surface area (Å²) in [4.78, 5) is 42.9. The van der Waals surface area contributed by atoms with Crippen LogP contribution in [0.2, 0.25) is 0 Å². The van der Waals surface area contributed by atoms with E-state index in [0.717, 1.165) is 37.1 Å². The van der Waals surface area contributed by atoms with Crippen molar-refractivity contribution in [2.24, 2.45) is 0 Å². The first-order chi connectivity index (χ1) is 16.4. The number of carbonyl (C=O) groups is 2. The van der Waals surface area contributed by atoms with Crippen LogP contribution < -0.4 is 15.2 Å². The van der Waals surface area contributed by atoms with E-state index in [0.29, 0.717) is 23.0 Å². The van der Waals surface area contributed by atoms with Crippen molar-refractivity contribution >= 4 is 28.3 Å². The van der Waals surface area contributed by atoms with Crippen LogP contribution in [0.3, 0.4) is 0 Å². The molecule has 1 spiro atoms. The molecule has 1 aliphatic heterocycles. The van der Waals surface area contributed by atoms with Crippen LogP contribution in [0.4, 0.5) is 5.69 Å². The third kappa shape index (κ3) is 3.63. The lowest BCUT2D eigenvalue weighted by Crippen LogP contribution is -2.65. The van der Waals surface area contributed by atoms with Gasteiger partial charge < -0.3 is 14.5 Å². The van der Waals surface area contributed by atoms with Gasteiger partial charge in [-0.05, 0) is 50.1 Å². The van der Waals surface area contributed by atoms with Crippen LogP contribution in [0, 0.1) is 0 Å². The number of nitrogens with zero attached hydrogens (tertiary/aromatic N) is 3. The van der Waals surface area contributed by atoms with Gasteiger partial charge in [0.1, 0.15) is 12.3 Å². The summed E-state index contributed by atoms with van der Waals surface area (Å²) < 4.78 is 5.27. The zero-order valence-electron chi connectivity index (χ0n) is 19.4. The highest BCUT2D eigenvalue weighted by Crippen LogP contribution is 2.42. The predicted octanol–water partition coefficient (Wildman–Crippen LogP) is 3.22. The summed E-state index contributed by atoms with van der Waals surface area (Å²) >= 11 is 0. The number of rotatable bonds is 4. The van der Waals surface area contributed by atoms with Gasteiger partial charge in [-0.3, -0.25) is 14.4 Å². The molecule has 176 valence electrons. The molecule has 1 saturated heterocycles. The summed E-state index contributed by atoms with van der Waals surface area (Å²) in [5.74, 6) is -0.0997. The van der Waals surface area contributed by atoms with Crippen LogP contribution in [0.25, 0.3) is 10.8 Å². The Labute approximate surface area is 197 Å². The Kier molecular flexibility index (Phi) is 5.59. The second-order valence-corrected chi connectivity index (χ2v) is 9.26. The molecule has 0 bridgehead atoms. The summed E-state index contributed by atoms with van der Waals surface area (Å²) in [6.07, 6.45) is 3.73. The monoisotopic (exact) mass is 460 g/mol. The molecule has 0 radical (unpaired) electrons. The quantitative estimate of drug-likeness (QED) is 0.645. The standard InChI is InChI=1S/C26H28N4O4/c1-17(23-20-7-3-4-8-21(20)24(32)28-27-23)25(33)29-15-22(31)30(26(16-29)13-5-6-14-26)18-9-11-19(34-2)12-10-18/h3-4,7-12,17H,5-6,13-16H2,1-2H3,(H,28,32). The lowest BCUT2D eigenvalue weighted by Gasteiger charge is -2.49. The Hall–Kier alpha value is -3.68. The fourth-order valence-electron chi connectivity index (χ4n) is 5.56. The number of carbonyl (C=O) groups excluding carboxylic acids is 2. The molecule has 1 atom stereocenters. The average molecular weight is 461 g/mol. The number of hydrogen-bond acceptors (Lipinski definition) is 5.